The third kappa shape index (κ3) is 5.19. The molecule has 0 atom stereocenters. The number of imide groups is 1. The summed E-state index contributed by atoms with van der Waals surface area (Å²) < 4.78 is 11.2. The number of hydrogen-bond acceptors (Lipinski definition) is 5. The van der Waals surface area contributed by atoms with Crippen LogP contribution in [-0.2, 0) is 11.3 Å². The second-order valence-corrected chi connectivity index (χ2v) is 8.08. The number of carbonyl (C=O) groups is 2. The van der Waals surface area contributed by atoms with Gasteiger partial charge in [-0.25, -0.2) is 0 Å². The van der Waals surface area contributed by atoms with Crippen molar-refractivity contribution in [3.63, 3.8) is 0 Å². The van der Waals surface area contributed by atoms with Crippen LogP contribution in [0.5, 0.6) is 11.5 Å². The Balaban J connectivity index is 1.82. The Bertz CT molecular complexity index is 1020. The molecule has 1 aliphatic rings. The smallest absolute Gasteiger partial charge is 0.293 e. The summed E-state index contributed by atoms with van der Waals surface area (Å²) in [6.07, 6.45) is 3.31. The molecule has 0 saturated carbocycles. The molecule has 5 nitrogen and oxygen atoms in total. The Kier molecular flexibility index (Phi) is 7.48. The maximum Gasteiger partial charge on any atom is 0.293 e. The van der Waals surface area contributed by atoms with E-state index in [9.17, 15) is 9.59 Å². The van der Waals surface area contributed by atoms with Crippen LogP contribution in [-0.4, -0.2) is 29.3 Å². The van der Waals surface area contributed by atoms with E-state index in [0.717, 1.165) is 22.2 Å². The van der Waals surface area contributed by atoms with Gasteiger partial charge < -0.3 is 9.47 Å². The van der Waals surface area contributed by atoms with Crippen LogP contribution in [0.4, 0.5) is 4.79 Å². The number of hydrogen-bond donors (Lipinski definition) is 0. The molecule has 30 heavy (non-hydrogen) atoms. The molecule has 0 N–H and O–H groups in total. The lowest BCUT2D eigenvalue weighted by atomic mass is 10.1. The standard InChI is InChI=1S/C22H19Cl2NO4S/c1-3-9-29-18-8-5-14(10-19(18)28-4-2)11-20-21(26)25(22(27)30-20)13-15-6-7-16(23)12-17(15)24/h3,5-8,10-12H,1,4,9,13H2,2H3/b20-11-. The number of ether oxygens (including phenoxy) is 2. The number of amides is 2. The monoisotopic (exact) mass is 463 g/mol. The first-order valence-electron chi connectivity index (χ1n) is 9.12. The van der Waals surface area contributed by atoms with Crippen molar-refractivity contribution < 1.29 is 19.1 Å². The molecule has 0 spiro atoms. The molecule has 2 aromatic carbocycles. The van der Waals surface area contributed by atoms with Gasteiger partial charge in [0.25, 0.3) is 11.1 Å². The first-order chi connectivity index (χ1) is 14.4. The summed E-state index contributed by atoms with van der Waals surface area (Å²) in [4.78, 5) is 26.7. The second-order valence-electron chi connectivity index (χ2n) is 6.24. The van der Waals surface area contributed by atoms with Crippen molar-refractivity contribution in [2.24, 2.45) is 0 Å². The predicted octanol–water partition coefficient (Wildman–Crippen LogP) is 6.19. The highest BCUT2D eigenvalue weighted by molar-refractivity contribution is 8.18. The van der Waals surface area contributed by atoms with Crippen molar-refractivity contribution in [3.8, 4) is 11.5 Å². The van der Waals surface area contributed by atoms with Gasteiger partial charge in [-0.3, -0.25) is 14.5 Å². The summed E-state index contributed by atoms with van der Waals surface area (Å²) in [5.41, 5.74) is 1.37. The van der Waals surface area contributed by atoms with Crippen LogP contribution in [0, 0.1) is 0 Å². The number of halogens is 2. The largest absolute Gasteiger partial charge is 0.490 e. The van der Waals surface area contributed by atoms with Gasteiger partial charge in [-0.05, 0) is 60.2 Å². The van der Waals surface area contributed by atoms with E-state index in [1.807, 2.05) is 6.92 Å². The van der Waals surface area contributed by atoms with Crippen LogP contribution in [0.15, 0.2) is 54.0 Å². The minimum atomic E-state index is -0.374. The van der Waals surface area contributed by atoms with Gasteiger partial charge in [-0.15, -0.1) is 0 Å². The van der Waals surface area contributed by atoms with E-state index in [1.165, 1.54) is 0 Å². The van der Waals surface area contributed by atoms with E-state index >= 15 is 0 Å². The van der Waals surface area contributed by atoms with Gasteiger partial charge in [0.2, 0.25) is 0 Å². The SMILES string of the molecule is C=CCOc1ccc(/C=C2\SC(=O)N(Cc3ccc(Cl)cc3Cl)C2=O)cc1OCC. The maximum absolute atomic E-state index is 12.8. The topological polar surface area (TPSA) is 55.8 Å². The normalized spacial score (nSPS) is 15.0. The lowest BCUT2D eigenvalue weighted by Gasteiger charge is -2.14. The van der Waals surface area contributed by atoms with Crippen molar-refractivity contribution in [2.75, 3.05) is 13.2 Å². The van der Waals surface area contributed by atoms with Gasteiger partial charge in [0.05, 0.1) is 18.1 Å². The highest BCUT2D eigenvalue weighted by Crippen LogP contribution is 2.36. The summed E-state index contributed by atoms with van der Waals surface area (Å²) >= 11 is 13.0. The van der Waals surface area contributed by atoms with Crippen molar-refractivity contribution in [2.45, 2.75) is 13.5 Å². The van der Waals surface area contributed by atoms with E-state index in [0.29, 0.717) is 45.2 Å². The van der Waals surface area contributed by atoms with Crippen LogP contribution in [0.2, 0.25) is 10.0 Å². The molecule has 1 saturated heterocycles. The number of thioether (sulfide) groups is 1. The van der Waals surface area contributed by atoms with Crippen LogP contribution in [0.25, 0.3) is 6.08 Å². The fraction of sp³-hybridized carbons (Fsp3) is 0.182. The highest BCUT2D eigenvalue weighted by atomic mass is 35.5. The minimum Gasteiger partial charge on any atom is -0.490 e. The fourth-order valence-electron chi connectivity index (χ4n) is 2.76. The Morgan fingerprint density at radius 1 is 1.10 bits per heavy atom. The number of nitrogens with zero attached hydrogens (tertiary/aromatic N) is 1. The third-order valence-corrected chi connectivity index (χ3v) is 5.63. The molecule has 1 heterocycles. The Morgan fingerprint density at radius 3 is 2.60 bits per heavy atom. The van der Waals surface area contributed by atoms with Gasteiger partial charge in [0.15, 0.2) is 11.5 Å². The van der Waals surface area contributed by atoms with E-state index in [-0.39, 0.29) is 17.7 Å². The molecule has 3 rings (SSSR count). The van der Waals surface area contributed by atoms with Crippen LogP contribution in [0.3, 0.4) is 0 Å². The molecule has 0 bridgehead atoms. The molecule has 156 valence electrons. The fourth-order valence-corrected chi connectivity index (χ4v) is 4.07. The van der Waals surface area contributed by atoms with Gasteiger partial charge in [0, 0.05) is 10.0 Å². The first-order valence-corrected chi connectivity index (χ1v) is 10.7. The number of benzene rings is 2. The van der Waals surface area contributed by atoms with E-state index in [4.69, 9.17) is 32.7 Å². The second kappa shape index (κ2) is 10.1. The first kappa shape index (κ1) is 22.3. The van der Waals surface area contributed by atoms with Crippen LogP contribution in [0.1, 0.15) is 18.1 Å². The van der Waals surface area contributed by atoms with E-state index in [1.54, 1.807) is 48.6 Å². The van der Waals surface area contributed by atoms with Crippen molar-refractivity contribution in [3.05, 3.63) is 75.1 Å². The van der Waals surface area contributed by atoms with Crippen LogP contribution >= 0.6 is 35.0 Å². The minimum absolute atomic E-state index is 0.0799. The lowest BCUT2D eigenvalue weighted by molar-refractivity contribution is -0.123. The molecule has 0 radical (unpaired) electrons. The average molecular weight is 464 g/mol. The molecular weight excluding hydrogens is 445 g/mol. The molecule has 1 aliphatic heterocycles. The van der Waals surface area contributed by atoms with E-state index < -0.39 is 0 Å². The predicted molar refractivity (Wildman–Crippen MR) is 121 cm³/mol. The zero-order chi connectivity index (χ0) is 21.7. The summed E-state index contributed by atoms with van der Waals surface area (Å²) in [5.74, 6) is 0.764. The molecule has 0 aromatic heterocycles. The summed E-state index contributed by atoms with van der Waals surface area (Å²) in [7, 11) is 0. The lowest BCUT2D eigenvalue weighted by Crippen LogP contribution is -2.27. The molecule has 1 fully saturated rings. The van der Waals surface area contributed by atoms with Crippen molar-refractivity contribution in [1.82, 2.24) is 4.90 Å². The molecule has 0 aliphatic carbocycles. The number of carbonyl (C=O) groups excluding carboxylic acids is 2. The van der Waals surface area contributed by atoms with Gasteiger partial charge in [-0.1, -0.05) is 48.0 Å². The van der Waals surface area contributed by atoms with Gasteiger partial charge >= 0.3 is 0 Å². The average Bonchev–Trinajstić information content (AvgIpc) is 2.97. The Labute approximate surface area is 189 Å². The molecule has 2 amide bonds. The maximum atomic E-state index is 12.8. The van der Waals surface area contributed by atoms with Gasteiger partial charge in [0.1, 0.15) is 6.61 Å². The summed E-state index contributed by atoms with van der Waals surface area (Å²) in [6, 6.07) is 10.3. The molecular formula is C22H19Cl2NO4S. The Morgan fingerprint density at radius 2 is 1.90 bits per heavy atom. The Hall–Kier alpha value is -2.41. The van der Waals surface area contributed by atoms with E-state index in [2.05, 4.69) is 6.58 Å². The highest BCUT2D eigenvalue weighted by Gasteiger charge is 2.35. The van der Waals surface area contributed by atoms with Gasteiger partial charge in [-0.2, -0.15) is 0 Å². The molecule has 2 aromatic rings. The van der Waals surface area contributed by atoms with Crippen molar-refractivity contribution in [1.29, 1.82) is 0 Å². The van der Waals surface area contributed by atoms with Crippen LogP contribution < -0.4 is 9.47 Å². The zero-order valence-corrected chi connectivity index (χ0v) is 18.5. The number of rotatable bonds is 8. The summed E-state index contributed by atoms with van der Waals surface area (Å²) in [5, 5.41) is 0.540. The zero-order valence-electron chi connectivity index (χ0n) is 16.2. The molecule has 8 heteroatoms. The summed E-state index contributed by atoms with van der Waals surface area (Å²) in [6.45, 7) is 6.40. The molecule has 0 unspecified atom stereocenters. The third-order valence-electron chi connectivity index (χ3n) is 4.14. The quantitative estimate of drug-likeness (QED) is 0.344. The van der Waals surface area contributed by atoms with Crippen molar-refractivity contribution >= 4 is 52.2 Å².